The molecule has 0 bridgehead atoms. The van der Waals surface area contributed by atoms with Crippen molar-refractivity contribution in [2.24, 2.45) is 0 Å². The average molecular weight is 592 g/mol. The van der Waals surface area contributed by atoms with Gasteiger partial charge in [-0.3, -0.25) is 4.79 Å². The summed E-state index contributed by atoms with van der Waals surface area (Å²) in [7, 11) is -4.04. The SMILES string of the molecule is Cc1cc(F)ccc1-c1nc(S(C)(=O)=O)nc2c1C(=O)N(Cc1cc(C(F)(F)F)cc(C(F)(F)F)c1)CCCO2. The molecule has 1 aliphatic heterocycles. The number of sulfone groups is 1. The lowest BCUT2D eigenvalue weighted by atomic mass is 10.00. The van der Waals surface area contributed by atoms with E-state index in [2.05, 4.69) is 9.97 Å². The zero-order valence-electron chi connectivity index (χ0n) is 20.8. The van der Waals surface area contributed by atoms with E-state index in [4.69, 9.17) is 4.74 Å². The number of rotatable bonds is 4. The summed E-state index contributed by atoms with van der Waals surface area (Å²) >= 11 is 0. The normalized spacial score (nSPS) is 14.8. The summed E-state index contributed by atoms with van der Waals surface area (Å²) in [6, 6.07) is 4.43. The molecule has 3 aromatic rings. The van der Waals surface area contributed by atoms with Crippen LogP contribution in [-0.2, 0) is 28.7 Å². The predicted octanol–water partition coefficient (Wildman–Crippen LogP) is 5.46. The van der Waals surface area contributed by atoms with Crippen LogP contribution in [0.2, 0.25) is 0 Å². The van der Waals surface area contributed by atoms with E-state index in [9.17, 15) is 43.9 Å². The van der Waals surface area contributed by atoms with Gasteiger partial charge in [-0.25, -0.2) is 17.8 Å². The fraction of sp³-hybridized carbons (Fsp3) is 0.320. The van der Waals surface area contributed by atoms with Crippen molar-refractivity contribution in [3.63, 3.8) is 0 Å². The Hall–Kier alpha value is -3.75. The Balaban J connectivity index is 1.88. The van der Waals surface area contributed by atoms with Gasteiger partial charge in [0.2, 0.25) is 15.7 Å². The van der Waals surface area contributed by atoms with Crippen LogP contribution in [0, 0.1) is 12.7 Å². The molecule has 40 heavy (non-hydrogen) atoms. The smallest absolute Gasteiger partial charge is 0.416 e. The minimum Gasteiger partial charge on any atom is -0.477 e. The largest absolute Gasteiger partial charge is 0.477 e. The first-order valence-electron chi connectivity index (χ1n) is 11.5. The lowest BCUT2D eigenvalue weighted by Crippen LogP contribution is -2.35. The third-order valence-corrected chi connectivity index (χ3v) is 6.81. The van der Waals surface area contributed by atoms with Crippen molar-refractivity contribution in [2.45, 2.75) is 37.4 Å². The maximum Gasteiger partial charge on any atom is 0.416 e. The molecule has 0 unspecified atom stereocenters. The lowest BCUT2D eigenvalue weighted by Gasteiger charge is -2.28. The van der Waals surface area contributed by atoms with E-state index >= 15 is 0 Å². The topological polar surface area (TPSA) is 89.5 Å². The maximum absolute atomic E-state index is 13.8. The summed E-state index contributed by atoms with van der Waals surface area (Å²) in [5, 5.41) is -0.697. The van der Waals surface area contributed by atoms with Crippen LogP contribution in [0.25, 0.3) is 11.3 Å². The third kappa shape index (κ3) is 6.18. The molecule has 0 atom stereocenters. The third-order valence-electron chi connectivity index (χ3n) is 5.96. The van der Waals surface area contributed by atoms with Crippen LogP contribution in [0.1, 0.15) is 39.0 Å². The fourth-order valence-electron chi connectivity index (χ4n) is 4.14. The minimum atomic E-state index is -5.08. The molecule has 7 nitrogen and oxygen atoms in total. The van der Waals surface area contributed by atoms with E-state index in [-0.39, 0.29) is 48.0 Å². The van der Waals surface area contributed by atoms with Crippen molar-refractivity contribution in [3.05, 3.63) is 70.0 Å². The summed E-state index contributed by atoms with van der Waals surface area (Å²) in [4.78, 5) is 22.7. The van der Waals surface area contributed by atoms with Crippen LogP contribution >= 0.6 is 0 Å². The summed E-state index contributed by atoms with van der Waals surface area (Å²) in [6.45, 7) is 0.571. The summed E-state index contributed by atoms with van der Waals surface area (Å²) in [5.74, 6) is -2.00. The van der Waals surface area contributed by atoms with Crippen molar-refractivity contribution in [1.29, 1.82) is 0 Å². The van der Waals surface area contributed by atoms with Gasteiger partial charge in [0.25, 0.3) is 11.1 Å². The quantitative estimate of drug-likeness (QED) is 0.296. The molecule has 0 saturated heterocycles. The number of hydrogen-bond donors (Lipinski definition) is 0. The van der Waals surface area contributed by atoms with Crippen molar-refractivity contribution < 1.29 is 48.7 Å². The van der Waals surface area contributed by atoms with Gasteiger partial charge in [0.15, 0.2) is 0 Å². The highest BCUT2D eigenvalue weighted by atomic mass is 32.2. The summed E-state index contributed by atoms with van der Waals surface area (Å²) < 4.78 is 124. The average Bonchev–Trinajstić information content (AvgIpc) is 2.82. The van der Waals surface area contributed by atoms with Gasteiger partial charge >= 0.3 is 12.4 Å². The molecule has 0 fully saturated rings. The van der Waals surface area contributed by atoms with Gasteiger partial charge in [-0.15, -0.1) is 0 Å². The number of hydrogen-bond acceptors (Lipinski definition) is 6. The van der Waals surface area contributed by atoms with Crippen LogP contribution in [-0.4, -0.2) is 48.6 Å². The first kappa shape index (κ1) is 29.2. The molecule has 2 aromatic carbocycles. The number of fused-ring (bicyclic) bond motifs is 1. The number of aromatic nitrogens is 2. The van der Waals surface area contributed by atoms with Gasteiger partial charge in [0, 0.05) is 24.9 Å². The zero-order chi connectivity index (χ0) is 29.6. The van der Waals surface area contributed by atoms with E-state index < -0.39 is 68.2 Å². The van der Waals surface area contributed by atoms with Crippen molar-refractivity contribution in [1.82, 2.24) is 14.9 Å². The van der Waals surface area contributed by atoms with E-state index in [1.54, 1.807) is 0 Å². The Morgan fingerprint density at radius 2 is 1.60 bits per heavy atom. The Morgan fingerprint density at radius 3 is 2.15 bits per heavy atom. The second-order valence-corrected chi connectivity index (χ2v) is 11.0. The van der Waals surface area contributed by atoms with Crippen molar-refractivity contribution in [2.75, 3.05) is 19.4 Å². The Kier molecular flexibility index (Phi) is 7.56. The minimum absolute atomic E-state index is 0.0160. The van der Waals surface area contributed by atoms with Crippen LogP contribution in [0.5, 0.6) is 5.88 Å². The van der Waals surface area contributed by atoms with Gasteiger partial charge in [-0.1, -0.05) is 0 Å². The molecular formula is C25H20F7N3O4S. The molecule has 1 amide bonds. The molecule has 2 heterocycles. The number of nitrogens with zero attached hydrogens (tertiary/aromatic N) is 3. The van der Waals surface area contributed by atoms with E-state index in [0.29, 0.717) is 12.1 Å². The molecule has 15 heteroatoms. The second-order valence-electron chi connectivity index (χ2n) is 9.11. The molecule has 1 aliphatic rings. The molecule has 0 radical (unpaired) electrons. The monoisotopic (exact) mass is 591 g/mol. The molecule has 214 valence electrons. The van der Waals surface area contributed by atoms with E-state index in [0.717, 1.165) is 23.3 Å². The standard InChI is InChI=1S/C25H20F7N3O4S/c1-13-8-17(26)4-5-18(13)20-19-21(34-23(33-20)40(2,37)38)39-7-3-6-35(22(19)36)12-14-9-15(24(27,28)29)11-16(10-14)25(30,31)32/h4-5,8-11H,3,6-7,12H2,1-2H3. The predicted molar refractivity (Wildman–Crippen MR) is 127 cm³/mol. The molecule has 0 N–H and O–H groups in total. The van der Waals surface area contributed by atoms with Gasteiger partial charge in [-0.2, -0.15) is 31.3 Å². The number of halogens is 7. The highest BCUT2D eigenvalue weighted by molar-refractivity contribution is 7.90. The second kappa shape index (κ2) is 10.3. The molecule has 1 aromatic heterocycles. The molecule has 0 spiro atoms. The Morgan fingerprint density at radius 1 is 0.975 bits per heavy atom. The molecule has 0 aliphatic carbocycles. The maximum atomic E-state index is 13.8. The number of carbonyl (C=O) groups excluding carboxylic acids is 1. The van der Waals surface area contributed by atoms with E-state index in [1.165, 1.54) is 13.0 Å². The van der Waals surface area contributed by atoms with Crippen LogP contribution in [0.4, 0.5) is 30.7 Å². The van der Waals surface area contributed by atoms with Gasteiger partial charge in [0.05, 0.1) is 23.4 Å². The first-order valence-corrected chi connectivity index (χ1v) is 13.4. The molecular weight excluding hydrogens is 571 g/mol. The zero-order valence-corrected chi connectivity index (χ0v) is 21.6. The number of ether oxygens (including phenoxy) is 1. The molecule has 4 rings (SSSR count). The van der Waals surface area contributed by atoms with E-state index in [1.807, 2.05) is 0 Å². The number of carbonyl (C=O) groups is 1. The number of amides is 1. The van der Waals surface area contributed by atoms with Crippen LogP contribution < -0.4 is 4.74 Å². The van der Waals surface area contributed by atoms with Crippen molar-refractivity contribution >= 4 is 15.7 Å². The molecule has 0 saturated carbocycles. The fourth-order valence-corrected chi connectivity index (χ4v) is 4.64. The Bertz CT molecular complexity index is 1560. The lowest BCUT2D eigenvalue weighted by molar-refractivity contribution is -0.143. The van der Waals surface area contributed by atoms with Crippen LogP contribution in [0.15, 0.2) is 41.6 Å². The van der Waals surface area contributed by atoms with Gasteiger partial charge < -0.3 is 9.64 Å². The summed E-state index contributed by atoms with van der Waals surface area (Å²) in [6.07, 6.45) is -9.25. The summed E-state index contributed by atoms with van der Waals surface area (Å²) in [5.41, 5.74) is -3.74. The highest BCUT2D eigenvalue weighted by Crippen LogP contribution is 2.38. The van der Waals surface area contributed by atoms with Crippen LogP contribution in [0.3, 0.4) is 0 Å². The Labute approximate surface area is 223 Å². The first-order chi connectivity index (χ1) is 18.4. The number of aryl methyl sites for hydroxylation is 1. The van der Waals surface area contributed by atoms with Gasteiger partial charge in [-0.05, 0) is 60.9 Å². The highest BCUT2D eigenvalue weighted by Gasteiger charge is 2.38. The van der Waals surface area contributed by atoms with Gasteiger partial charge in [0.1, 0.15) is 11.4 Å². The number of benzene rings is 2. The van der Waals surface area contributed by atoms with Crippen molar-refractivity contribution in [3.8, 4) is 17.1 Å². The number of alkyl halides is 6.